The van der Waals surface area contributed by atoms with Gasteiger partial charge in [0.2, 0.25) is 0 Å². The van der Waals surface area contributed by atoms with Gasteiger partial charge in [0.1, 0.15) is 0 Å². The van der Waals surface area contributed by atoms with Crippen LogP contribution >= 0.6 is 0 Å². The third kappa shape index (κ3) is 6.54. The van der Waals surface area contributed by atoms with Crippen molar-refractivity contribution in [2.45, 2.75) is 109 Å². The van der Waals surface area contributed by atoms with E-state index < -0.39 is 0 Å². The number of hydrogen-bond donors (Lipinski definition) is 2. The maximum Gasteiger partial charge on any atom is 0.00670 e. The molecular weight excluding hydrogens is 400 g/mol. The summed E-state index contributed by atoms with van der Waals surface area (Å²) in [6, 6.07) is 0.766. The van der Waals surface area contributed by atoms with Crippen LogP contribution in [0.15, 0.2) is 24.3 Å². The van der Waals surface area contributed by atoms with Crippen LogP contribution in [-0.2, 0) is 0 Å². The molecule has 3 N–H and O–H groups in total. The van der Waals surface area contributed by atoms with Crippen molar-refractivity contribution in [3.05, 3.63) is 24.3 Å². The van der Waals surface area contributed by atoms with Gasteiger partial charge in [0.05, 0.1) is 0 Å². The summed E-state index contributed by atoms with van der Waals surface area (Å²) in [6.07, 6.45) is 33.1. The normalized spacial score (nSPS) is 39.7. The highest BCUT2D eigenvalue weighted by Gasteiger charge is 2.36. The summed E-state index contributed by atoms with van der Waals surface area (Å²) in [5, 5.41) is 4.07. The standard InChI is InChI=1S/C31H52N2/c32-17-15-23-7-9-24(10-8-23)16-18-33-31(5-1-3-27-19-25-11-13-29(27)21-25)6-2-4-28-20-26-12-14-30(28)22-26/h11-14,23-31,33H,1-10,15-22,32H2. The maximum atomic E-state index is 5.79. The number of rotatable bonds is 14. The SMILES string of the molecule is NCCC1CCC(CCNC(CCCC2CC3C=CC2C3)CCCC2CC3C=CC2C3)CC1. The third-order valence-electron chi connectivity index (χ3n) is 10.6. The van der Waals surface area contributed by atoms with Gasteiger partial charge in [-0.2, -0.15) is 0 Å². The van der Waals surface area contributed by atoms with Crippen molar-refractivity contribution in [1.29, 1.82) is 0 Å². The van der Waals surface area contributed by atoms with Crippen LogP contribution in [0.1, 0.15) is 103 Å². The molecule has 0 aliphatic heterocycles. The van der Waals surface area contributed by atoms with E-state index in [1.54, 1.807) is 0 Å². The van der Waals surface area contributed by atoms with Gasteiger partial charge in [0, 0.05) is 6.04 Å². The Hall–Kier alpha value is -0.600. The van der Waals surface area contributed by atoms with Crippen molar-refractivity contribution in [3.63, 3.8) is 0 Å². The molecular formula is C31H52N2. The van der Waals surface area contributed by atoms with Crippen molar-refractivity contribution >= 4 is 0 Å². The summed E-state index contributed by atoms with van der Waals surface area (Å²) in [5.74, 6) is 7.63. The van der Waals surface area contributed by atoms with Crippen LogP contribution in [0.5, 0.6) is 0 Å². The fraction of sp³-hybridized carbons (Fsp3) is 0.871. The first-order chi connectivity index (χ1) is 16.3. The van der Waals surface area contributed by atoms with E-state index in [2.05, 4.69) is 29.6 Å². The average molecular weight is 453 g/mol. The zero-order chi connectivity index (χ0) is 22.5. The van der Waals surface area contributed by atoms with E-state index in [1.807, 2.05) is 0 Å². The first kappa shape index (κ1) is 24.1. The minimum absolute atomic E-state index is 0.766. The minimum atomic E-state index is 0.766. The molecule has 5 rings (SSSR count). The summed E-state index contributed by atoms with van der Waals surface area (Å²) in [4.78, 5) is 0. The third-order valence-corrected chi connectivity index (χ3v) is 10.6. The second-order valence-electron chi connectivity index (χ2n) is 12.8. The molecule has 3 fully saturated rings. The van der Waals surface area contributed by atoms with Crippen LogP contribution in [0.25, 0.3) is 0 Å². The minimum Gasteiger partial charge on any atom is -0.330 e. The van der Waals surface area contributed by atoms with Gasteiger partial charge in [0.25, 0.3) is 0 Å². The summed E-state index contributed by atoms with van der Waals surface area (Å²) < 4.78 is 0. The van der Waals surface area contributed by atoms with E-state index in [4.69, 9.17) is 5.73 Å². The summed E-state index contributed by atoms with van der Waals surface area (Å²) >= 11 is 0. The van der Waals surface area contributed by atoms with Gasteiger partial charge in [-0.15, -0.1) is 0 Å². The topological polar surface area (TPSA) is 38.0 Å². The number of hydrogen-bond acceptors (Lipinski definition) is 2. The number of fused-ring (bicyclic) bond motifs is 4. The molecule has 0 aromatic heterocycles. The molecule has 3 saturated carbocycles. The lowest BCUT2D eigenvalue weighted by Gasteiger charge is -2.29. The van der Waals surface area contributed by atoms with Gasteiger partial charge in [-0.1, -0.05) is 62.8 Å². The first-order valence-electron chi connectivity index (χ1n) is 15.1. The van der Waals surface area contributed by atoms with Crippen LogP contribution in [0.3, 0.4) is 0 Å². The molecule has 6 atom stereocenters. The molecule has 0 saturated heterocycles. The number of nitrogens with two attached hydrogens (primary N) is 1. The lowest BCUT2D eigenvalue weighted by molar-refractivity contribution is 0.249. The van der Waals surface area contributed by atoms with Gasteiger partial charge in [-0.25, -0.2) is 0 Å². The molecule has 0 aromatic carbocycles. The molecule has 186 valence electrons. The Kier molecular flexibility index (Phi) is 8.69. The maximum absolute atomic E-state index is 5.79. The van der Waals surface area contributed by atoms with E-state index in [-0.39, 0.29) is 0 Å². The van der Waals surface area contributed by atoms with Crippen molar-refractivity contribution in [1.82, 2.24) is 5.32 Å². The number of nitrogens with one attached hydrogen (secondary N) is 1. The van der Waals surface area contributed by atoms with Gasteiger partial charge >= 0.3 is 0 Å². The molecule has 5 aliphatic carbocycles. The largest absolute Gasteiger partial charge is 0.330 e. The second-order valence-corrected chi connectivity index (χ2v) is 12.8. The lowest BCUT2D eigenvalue weighted by atomic mass is 9.79. The van der Waals surface area contributed by atoms with Crippen LogP contribution in [0.4, 0.5) is 0 Å². The van der Waals surface area contributed by atoms with E-state index >= 15 is 0 Å². The zero-order valence-corrected chi connectivity index (χ0v) is 21.3. The molecule has 5 aliphatic rings. The molecule has 4 bridgehead atoms. The highest BCUT2D eigenvalue weighted by Crippen LogP contribution is 2.46. The monoisotopic (exact) mass is 452 g/mol. The summed E-state index contributed by atoms with van der Waals surface area (Å²) in [7, 11) is 0. The Balaban J connectivity index is 1.02. The van der Waals surface area contributed by atoms with E-state index in [9.17, 15) is 0 Å². The highest BCUT2D eigenvalue weighted by molar-refractivity contribution is 5.10. The molecule has 33 heavy (non-hydrogen) atoms. The quantitative estimate of drug-likeness (QED) is 0.272. The van der Waals surface area contributed by atoms with E-state index in [0.29, 0.717) is 0 Å². The molecule has 6 unspecified atom stereocenters. The Morgan fingerprint density at radius 2 is 1.21 bits per heavy atom. The molecule has 0 aromatic rings. The Labute approximate surface area is 204 Å². The van der Waals surface area contributed by atoms with Gasteiger partial charge in [-0.3, -0.25) is 0 Å². The predicted octanol–water partition coefficient (Wildman–Crippen LogP) is 7.25. The molecule has 2 heteroatoms. The van der Waals surface area contributed by atoms with Gasteiger partial charge in [-0.05, 0) is 125 Å². The Morgan fingerprint density at radius 1 is 0.667 bits per heavy atom. The fourth-order valence-corrected chi connectivity index (χ4v) is 8.59. The second kappa shape index (κ2) is 11.9. The zero-order valence-electron chi connectivity index (χ0n) is 21.3. The molecule has 2 nitrogen and oxygen atoms in total. The van der Waals surface area contributed by atoms with Crippen LogP contribution in [-0.4, -0.2) is 19.1 Å². The van der Waals surface area contributed by atoms with E-state index in [0.717, 1.165) is 59.9 Å². The van der Waals surface area contributed by atoms with Crippen LogP contribution in [0.2, 0.25) is 0 Å². The predicted molar refractivity (Wildman–Crippen MR) is 141 cm³/mol. The lowest BCUT2D eigenvalue weighted by Crippen LogP contribution is -2.32. The molecule has 0 spiro atoms. The fourth-order valence-electron chi connectivity index (χ4n) is 8.59. The Bertz CT molecular complexity index is 605. The van der Waals surface area contributed by atoms with E-state index in [1.165, 1.54) is 109 Å². The van der Waals surface area contributed by atoms with Crippen molar-refractivity contribution in [2.75, 3.05) is 13.1 Å². The molecule has 0 radical (unpaired) electrons. The first-order valence-corrected chi connectivity index (χ1v) is 15.1. The van der Waals surface area contributed by atoms with Crippen LogP contribution < -0.4 is 11.1 Å². The van der Waals surface area contributed by atoms with Crippen molar-refractivity contribution < 1.29 is 0 Å². The van der Waals surface area contributed by atoms with Gasteiger partial charge in [0.15, 0.2) is 0 Å². The summed E-state index contributed by atoms with van der Waals surface area (Å²) in [6.45, 7) is 2.14. The summed E-state index contributed by atoms with van der Waals surface area (Å²) in [5.41, 5.74) is 5.79. The van der Waals surface area contributed by atoms with Crippen molar-refractivity contribution in [3.8, 4) is 0 Å². The van der Waals surface area contributed by atoms with Crippen molar-refractivity contribution in [2.24, 2.45) is 53.1 Å². The highest BCUT2D eigenvalue weighted by atomic mass is 14.9. The van der Waals surface area contributed by atoms with Crippen LogP contribution in [0, 0.1) is 47.3 Å². The smallest absolute Gasteiger partial charge is 0.00670 e. The average Bonchev–Trinajstić information content (AvgIpc) is 3.62. The number of allylic oxidation sites excluding steroid dienone is 4. The Morgan fingerprint density at radius 3 is 1.67 bits per heavy atom. The molecule has 0 heterocycles. The van der Waals surface area contributed by atoms with Gasteiger partial charge < -0.3 is 11.1 Å². The molecule has 0 amide bonds.